The van der Waals surface area contributed by atoms with Gasteiger partial charge in [-0.05, 0) is 19.1 Å². The van der Waals surface area contributed by atoms with Gasteiger partial charge in [-0.3, -0.25) is 14.5 Å². The minimum atomic E-state index is -0.949. The van der Waals surface area contributed by atoms with Crippen molar-refractivity contribution in [1.82, 2.24) is 0 Å². The van der Waals surface area contributed by atoms with E-state index in [-0.39, 0.29) is 18.0 Å². The van der Waals surface area contributed by atoms with E-state index in [1.54, 1.807) is 6.92 Å². The van der Waals surface area contributed by atoms with E-state index in [0.29, 0.717) is 0 Å². The van der Waals surface area contributed by atoms with E-state index in [0.717, 1.165) is 11.0 Å². The molecule has 0 bridgehead atoms. The molecule has 0 saturated carbocycles. The van der Waals surface area contributed by atoms with Crippen molar-refractivity contribution in [2.45, 2.75) is 19.1 Å². The van der Waals surface area contributed by atoms with Crippen LogP contribution in [0.15, 0.2) is 18.2 Å². The van der Waals surface area contributed by atoms with Crippen LogP contribution in [0.3, 0.4) is 0 Å². The Balaban J connectivity index is 2.52. The van der Waals surface area contributed by atoms with Gasteiger partial charge in [0.25, 0.3) is 0 Å². The molecule has 19 heavy (non-hydrogen) atoms. The van der Waals surface area contributed by atoms with Gasteiger partial charge in [-0.1, -0.05) is 0 Å². The molecule has 2 atom stereocenters. The summed E-state index contributed by atoms with van der Waals surface area (Å²) in [6.07, 6.45) is -0.588. The summed E-state index contributed by atoms with van der Waals surface area (Å²) in [4.78, 5) is 24.3. The number of carbonyl (C=O) groups is 2. The van der Waals surface area contributed by atoms with E-state index in [1.807, 2.05) is 0 Å². The standard InChI is InChI=1S/C12H14FN3O3/c1-6-11(15)12(18)16(5-10(14)17)8-4-7(13)2-3-9(8)19-6/h2-4,6,11H,5,15H2,1H3,(H2,14,17)/t6-,11+/m1/s1. The molecular formula is C12H14FN3O3. The van der Waals surface area contributed by atoms with Crippen molar-refractivity contribution >= 4 is 17.5 Å². The van der Waals surface area contributed by atoms with Crippen molar-refractivity contribution < 1.29 is 18.7 Å². The maximum Gasteiger partial charge on any atom is 0.248 e. The summed E-state index contributed by atoms with van der Waals surface area (Å²) in [6.45, 7) is 1.25. The number of nitrogens with two attached hydrogens (primary N) is 2. The van der Waals surface area contributed by atoms with Crippen molar-refractivity contribution in [3.8, 4) is 5.75 Å². The number of anilines is 1. The number of amides is 2. The molecule has 1 aromatic carbocycles. The van der Waals surface area contributed by atoms with Gasteiger partial charge < -0.3 is 16.2 Å². The molecule has 0 spiro atoms. The van der Waals surface area contributed by atoms with E-state index in [1.165, 1.54) is 12.1 Å². The zero-order valence-corrected chi connectivity index (χ0v) is 10.3. The highest BCUT2D eigenvalue weighted by molar-refractivity contribution is 6.03. The fourth-order valence-electron chi connectivity index (χ4n) is 1.89. The van der Waals surface area contributed by atoms with Gasteiger partial charge in [-0.2, -0.15) is 0 Å². The van der Waals surface area contributed by atoms with Crippen LogP contribution in [0, 0.1) is 5.82 Å². The number of halogens is 1. The molecule has 0 saturated heterocycles. The van der Waals surface area contributed by atoms with E-state index < -0.39 is 29.8 Å². The highest BCUT2D eigenvalue weighted by Crippen LogP contribution is 2.33. The number of ether oxygens (including phenoxy) is 1. The molecule has 0 aliphatic carbocycles. The van der Waals surface area contributed by atoms with Crippen LogP contribution < -0.4 is 21.1 Å². The SMILES string of the molecule is C[C@H]1Oc2ccc(F)cc2N(CC(N)=O)C(=O)[C@H]1N. The second kappa shape index (κ2) is 4.85. The second-order valence-corrected chi connectivity index (χ2v) is 4.35. The first-order valence-corrected chi connectivity index (χ1v) is 5.71. The van der Waals surface area contributed by atoms with Crippen molar-refractivity contribution in [1.29, 1.82) is 0 Å². The maximum absolute atomic E-state index is 13.3. The molecule has 2 amide bonds. The van der Waals surface area contributed by atoms with Crippen LogP contribution in [0.2, 0.25) is 0 Å². The lowest BCUT2D eigenvalue weighted by Gasteiger charge is -2.22. The minimum absolute atomic E-state index is 0.156. The average Bonchev–Trinajstić information content (AvgIpc) is 2.42. The lowest BCUT2D eigenvalue weighted by atomic mass is 10.1. The summed E-state index contributed by atoms with van der Waals surface area (Å²) in [7, 11) is 0. The molecule has 1 aromatic rings. The molecule has 2 rings (SSSR count). The molecule has 0 fully saturated rings. The number of benzene rings is 1. The first kappa shape index (κ1) is 13.3. The Hall–Kier alpha value is -2.15. The molecule has 0 unspecified atom stereocenters. The number of carbonyl (C=O) groups excluding carboxylic acids is 2. The Morgan fingerprint density at radius 1 is 1.53 bits per heavy atom. The van der Waals surface area contributed by atoms with E-state index in [9.17, 15) is 14.0 Å². The summed E-state index contributed by atoms with van der Waals surface area (Å²) >= 11 is 0. The largest absolute Gasteiger partial charge is 0.486 e. The van der Waals surface area contributed by atoms with Crippen molar-refractivity contribution in [2.75, 3.05) is 11.4 Å². The van der Waals surface area contributed by atoms with Gasteiger partial charge in [-0.25, -0.2) is 4.39 Å². The molecule has 6 nitrogen and oxygen atoms in total. The number of primary amides is 1. The van der Waals surface area contributed by atoms with Gasteiger partial charge in [-0.15, -0.1) is 0 Å². The average molecular weight is 267 g/mol. The van der Waals surface area contributed by atoms with Gasteiger partial charge >= 0.3 is 0 Å². The fraction of sp³-hybridized carbons (Fsp3) is 0.333. The second-order valence-electron chi connectivity index (χ2n) is 4.35. The van der Waals surface area contributed by atoms with Crippen LogP contribution in [0.4, 0.5) is 10.1 Å². The Bertz CT molecular complexity index is 535. The van der Waals surface area contributed by atoms with E-state index in [2.05, 4.69) is 0 Å². The molecule has 0 aromatic heterocycles. The van der Waals surface area contributed by atoms with Crippen molar-refractivity contribution in [3.05, 3.63) is 24.0 Å². The summed E-state index contributed by atoms with van der Waals surface area (Å²) in [5, 5.41) is 0. The molecule has 0 radical (unpaired) electrons. The Kier molecular flexibility index (Phi) is 3.39. The summed E-state index contributed by atoms with van der Waals surface area (Å²) in [6, 6.07) is 2.76. The van der Waals surface area contributed by atoms with Gasteiger partial charge in [0, 0.05) is 6.07 Å². The number of rotatable bonds is 2. The van der Waals surface area contributed by atoms with Gasteiger partial charge in [0.1, 0.15) is 30.3 Å². The number of hydrogen-bond donors (Lipinski definition) is 2. The van der Waals surface area contributed by atoms with Crippen LogP contribution in [0.5, 0.6) is 5.75 Å². The monoisotopic (exact) mass is 267 g/mol. The van der Waals surface area contributed by atoms with E-state index >= 15 is 0 Å². The lowest BCUT2D eigenvalue weighted by Crippen LogP contribution is -2.51. The van der Waals surface area contributed by atoms with Crippen LogP contribution in [-0.4, -0.2) is 30.5 Å². The summed E-state index contributed by atoms with van der Waals surface area (Å²) in [5.74, 6) is -1.51. The third kappa shape index (κ3) is 2.50. The molecule has 1 heterocycles. The van der Waals surface area contributed by atoms with Gasteiger partial charge in [0.2, 0.25) is 11.8 Å². The molecule has 1 aliphatic heterocycles. The zero-order valence-electron chi connectivity index (χ0n) is 10.3. The highest BCUT2D eigenvalue weighted by atomic mass is 19.1. The van der Waals surface area contributed by atoms with Crippen LogP contribution in [0.25, 0.3) is 0 Å². The van der Waals surface area contributed by atoms with Crippen molar-refractivity contribution in [3.63, 3.8) is 0 Å². The van der Waals surface area contributed by atoms with Crippen molar-refractivity contribution in [2.24, 2.45) is 11.5 Å². The molecular weight excluding hydrogens is 253 g/mol. The fourth-order valence-corrected chi connectivity index (χ4v) is 1.89. The Labute approximate surface area is 109 Å². The first-order chi connectivity index (χ1) is 8.90. The summed E-state index contributed by atoms with van der Waals surface area (Å²) < 4.78 is 18.8. The molecule has 102 valence electrons. The zero-order chi connectivity index (χ0) is 14.2. The van der Waals surface area contributed by atoms with E-state index in [4.69, 9.17) is 16.2 Å². The number of fused-ring (bicyclic) bond motifs is 1. The van der Waals surface area contributed by atoms with Crippen LogP contribution >= 0.6 is 0 Å². The Morgan fingerprint density at radius 3 is 2.84 bits per heavy atom. The number of nitrogens with zero attached hydrogens (tertiary/aromatic N) is 1. The number of hydrogen-bond acceptors (Lipinski definition) is 4. The first-order valence-electron chi connectivity index (χ1n) is 5.71. The normalized spacial score (nSPS) is 22.5. The molecule has 7 heteroatoms. The predicted molar refractivity (Wildman–Crippen MR) is 66.0 cm³/mol. The third-order valence-electron chi connectivity index (χ3n) is 2.90. The topological polar surface area (TPSA) is 98.6 Å². The Morgan fingerprint density at radius 2 is 2.21 bits per heavy atom. The highest BCUT2D eigenvalue weighted by Gasteiger charge is 2.34. The molecule has 4 N–H and O–H groups in total. The molecule has 1 aliphatic rings. The third-order valence-corrected chi connectivity index (χ3v) is 2.90. The predicted octanol–water partition coefficient (Wildman–Crippen LogP) is -0.248. The van der Waals surface area contributed by atoms with Crippen LogP contribution in [-0.2, 0) is 9.59 Å². The minimum Gasteiger partial charge on any atom is -0.486 e. The van der Waals surface area contributed by atoms with Gasteiger partial charge in [0.05, 0.1) is 5.69 Å². The quantitative estimate of drug-likeness (QED) is 0.772. The summed E-state index contributed by atoms with van der Waals surface area (Å²) in [5.41, 5.74) is 11.0. The smallest absolute Gasteiger partial charge is 0.248 e. The lowest BCUT2D eigenvalue weighted by molar-refractivity contribution is -0.124. The van der Waals surface area contributed by atoms with Gasteiger partial charge in [0.15, 0.2) is 0 Å². The maximum atomic E-state index is 13.3. The van der Waals surface area contributed by atoms with Crippen LogP contribution in [0.1, 0.15) is 6.92 Å².